The number of thioether (sulfide) groups is 1. The molecule has 0 radical (unpaired) electrons. The number of rotatable bonds is 6. The standard InChI is InChI=1S/C21H28N2O3S2/c24-20(11-10-16-8-4-5-9-16)22-21-23(13-12-17-6-2-1-3-7-17)18-14-28(25,26)15-19(18)27-21/h1-3,6-7,16,18-19H,4-5,8-15H2/t18-,19-/m0/s1. The second-order valence-electron chi connectivity index (χ2n) is 8.21. The summed E-state index contributed by atoms with van der Waals surface area (Å²) in [7, 11) is -3.00. The Balaban J connectivity index is 1.43. The number of carbonyl (C=O) groups excluding carboxylic acids is 1. The van der Waals surface area contributed by atoms with Crippen molar-refractivity contribution in [1.82, 2.24) is 4.90 Å². The summed E-state index contributed by atoms with van der Waals surface area (Å²) < 4.78 is 24.2. The highest BCUT2D eigenvalue weighted by atomic mass is 32.2. The van der Waals surface area contributed by atoms with Gasteiger partial charge in [-0.05, 0) is 24.3 Å². The van der Waals surface area contributed by atoms with Crippen LogP contribution in [0.1, 0.15) is 44.1 Å². The van der Waals surface area contributed by atoms with Crippen LogP contribution < -0.4 is 0 Å². The second-order valence-corrected chi connectivity index (χ2v) is 11.6. The lowest BCUT2D eigenvalue weighted by molar-refractivity contribution is -0.118. The van der Waals surface area contributed by atoms with Gasteiger partial charge in [-0.25, -0.2) is 8.42 Å². The number of benzene rings is 1. The Morgan fingerprint density at radius 3 is 2.64 bits per heavy atom. The molecule has 5 nitrogen and oxygen atoms in total. The molecule has 2 heterocycles. The summed E-state index contributed by atoms with van der Waals surface area (Å²) in [5.41, 5.74) is 1.21. The minimum absolute atomic E-state index is 0.00200. The molecule has 1 aliphatic carbocycles. The van der Waals surface area contributed by atoms with Crippen LogP contribution in [0.5, 0.6) is 0 Å². The molecule has 0 bridgehead atoms. The number of carbonyl (C=O) groups is 1. The molecule has 3 aliphatic rings. The first-order valence-electron chi connectivity index (χ1n) is 10.3. The maximum atomic E-state index is 12.5. The maximum absolute atomic E-state index is 12.5. The van der Waals surface area contributed by atoms with Crippen molar-refractivity contribution in [3.63, 3.8) is 0 Å². The Bertz CT molecular complexity index is 832. The van der Waals surface area contributed by atoms with Crippen molar-refractivity contribution in [2.24, 2.45) is 10.9 Å². The molecule has 2 aliphatic heterocycles. The van der Waals surface area contributed by atoms with Crippen molar-refractivity contribution >= 4 is 32.7 Å². The van der Waals surface area contributed by atoms with E-state index in [1.165, 1.54) is 43.0 Å². The third-order valence-corrected chi connectivity index (χ3v) is 9.37. The monoisotopic (exact) mass is 420 g/mol. The number of amides is 1. The van der Waals surface area contributed by atoms with Crippen LogP contribution in [0, 0.1) is 5.92 Å². The molecule has 0 unspecified atom stereocenters. The van der Waals surface area contributed by atoms with Crippen molar-refractivity contribution < 1.29 is 13.2 Å². The van der Waals surface area contributed by atoms with Gasteiger partial charge in [-0.3, -0.25) is 4.79 Å². The van der Waals surface area contributed by atoms with Gasteiger partial charge >= 0.3 is 0 Å². The molecule has 1 aromatic carbocycles. The van der Waals surface area contributed by atoms with Crippen LogP contribution in [-0.2, 0) is 21.1 Å². The van der Waals surface area contributed by atoms with Gasteiger partial charge in [-0.15, -0.1) is 0 Å². The van der Waals surface area contributed by atoms with Crippen LogP contribution in [0.4, 0.5) is 0 Å². The number of nitrogens with zero attached hydrogens (tertiary/aromatic N) is 2. The van der Waals surface area contributed by atoms with E-state index in [4.69, 9.17) is 0 Å². The molecule has 1 saturated carbocycles. The van der Waals surface area contributed by atoms with Crippen molar-refractivity contribution in [2.45, 2.75) is 56.2 Å². The maximum Gasteiger partial charge on any atom is 0.248 e. The summed E-state index contributed by atoms with van der Waals surface area (Å²) in [5, 5.41) is 0.736. The highest BCUT2D eigenvalue weighted by molar-refractivity contribution is 8.15. The Hall–Kier alpha value is -1.34. The fourth-order valence-electron chi connectivity index (χ4n) is 4.58. The Labute approximate surface area is 171 Å². The van der Waals surface area contributed by atoms with Crippen LogP contribution in [-0.4, -0.2) is 53.7 Å². The molecule has 1 amide bonds. The van der Waals surface area contributed by atoms with Gasteiger partial charge in [0.05, 0.1) is 17.5 Å². The highest BCUT2D eigenvalue weighted by Crippen LogP contribution is 2.38. The molecule has 2 saturated heterocycles. The zero-order chi connectivity index (χ0) is 19.6. The summed E-state index contributed by atoms with van der Waals surface area (Å²) in [6.07, 6.45) is 7.32. The molecule has 7 heteroatoms. The quantitative estimate of drug-likeness (QED) is 0.706. The molecule has 0 N–H and O–H groups in total. The largest absolute Gasteiger partial charge is 0.346 e. The second kappa shape index (κ2) is 8.57. The van der Waals surface area contributed by atoms with Gasteiger partial charge in [0, 0.05) is 18.2 Å². The van der Waals surface area contributed by atoms with Gasteiger partial charge < -0.3 is 4.90 Å². The highest BCUT2D eigenvalue weighted by Gasteiger charge is 2.48. The minimum Gasteiger partial charge on any atom is -0.346 e. The lowest BCUT2D eigenvalue weighted by Crippen LogP contribution is -2.39. The summed E-state index contributed by atoms with van der Waals surface area (Å²) in [5.74, 6) is 0.995. The smallest absolute Gasteiger partial charge is 0.248 e. The van der Waals surface area contributed by atoms with Crippen LogP contribution >= 0.6 is 11.8 Å². The van der Waals surface area contributed by atoms with Crippen molar-refractivity contribution in [3.8, 4) is 0 Å². The molecule has 0 spiro atoms. The Kier molecular flexibility index (Phi) is 6.11. The van der Waals surface area contributed by atoms with E-state index in [1.807, 2.05) is 18.2 Å². The first-order chi connectivity index (χ1) is 13.5. The number of aliphatic imine (C=N–C) groups is 1. The van der Waals surface area contributed by atoms with Crippen LogP contribution in [0.3, 0.4) is 0 Å². The van der Waals surface area contributed by atoms with E-state index in [0.717, 1.165) is 18.0 Å². The van der Waals surface area contributed by atoms with E-state index >= 15 is 0 Å². The summed E-state index contributed by atoms with van der Waals surface area (Å²) in [6, 6.07) is 10.1. The van der Waals surface area contributed by atoms with Crippen molar-refractivity contribution in [3.05, 3.63) is 35.9 Å². The third-order valence-electron chi connectivity index (χ3n) is 6.12. The first kappa shape index (κ1) is 20.0. The molecule has 152 valence electrons. The average Bonchev–Trinajstić information content (AvgIpc) is 3.35. The van der Waals surface area contributed by atoms with Gasteiger partial charge in [-0.1, -0.05) is 67.8 Å². The predicted molar refractivity (Wildman–Crippen MR) is 114 cm³/mol. The Morgan fingerprint density at radius 2 is 1.89 bits per heavy atom. The number of hydrogen-bond acceptors (Lipinski definition) is 4. The van der Waals surface area contributed by atoms with E-state index < -0.39 is 9.84 Å². The zero-order valence-corrected chi connectivity index (χ0v) is 17.8. The molecule has 3 fully saturated rings. The average molecular weight is 421 g/mol. The van der Waals surface area contributed by atoms with Crippen LogP contribution in [0.2, 0.25) is 0 Å². The number of fused-ring (bicyclic) bond motifs is 1. The molecule has 1 aromatic rings. The van der Waals surface area contributed by atoms with Gasteiger partial charge in [0.25, 0.3) is 0 Å². The van der Waals surface area contributed by atoms with E-state index in [0.29, 0.717) is 18.9 Å². The fraction of sp³-hybridized carbons (Fsp3) is 0.619. The van der Waals surface area contributed by atoms with E-state index in [9.17, 15) is 13.2 Å². The summed E-state index contributed by atoms with van der Waals surface area (Å²) >= 11 is 1.49. The topological polar surface area (TPSA) is 66.8 Å². The van der Waals surface area contributed by atoms with Crippen LogP contribution in [0.15, 0.2) is 35.3 Å². The van der Waals surface area contributed by atoms with E-state index in [1.54, 1.807) is 0 Å². The SMILES string of the molecule is O=C(CCC1CCCC1)N=C1S[C@H]2CS(=O)(=O)C[C@@H]2N1CCc1ccccc1. The molecular formula is C21H28N2O3S2. The molecule has 28 heavy (non-hydrogen) atoms. The van der Waals surface area contributed by atoms with Gasteiger partial charge in [-0.2, -0.15) is 4.99 Å². The Morgan fingerprint density at radius 1 is 1.14 bits per heavy atom. The number of amidine groups is 1. The summed E-state index contributed by atoms with van der Waals surface area (Å²) in [4.78, 5) is 19.0. The van der Waals surface area contributed by atoms with Gasteiger partial charge in [0.2, 0.25) is 5.91 Å². The summed E-state index contributed by atoms with van der Waals surface area (Å²) in [6.45, 7) is 0.697. The lowest BCUT2D eigenvalue weighted by atomic mass is 10.0. The number of sulfone groups is 1. The minimum atomic E-state index is -3.00. The van der Waals surface area contributed by atoms with Crippen molar-refractivity contribution in [1.29, 1.82) is 0 Å². The van der Waals surface area contributed by atoms with Gasteiger partial charge in [0.15, 0.2) is 15.0 Å². The molecule has 4 rings (SSSR count). The van der Waals surface area contributed by atoms with Gasteiger partial charge in [0.1, 0.15) is 0 Å². The predicted octanol–water partition coefficient (Wildman–Crippen LogP) is 3.30. The molecule has 0 aromatic heterocycles. The van der Waals surface area contributed by atoms with E-state index in [2.05, 4.69) is 22.0 Å². The fourth-order valence-corrected chi connectivity index (χ4v) is 8.58. The number of hydrogen-bond donors (Lipinski definition) is 0. The van der Waals surface area contributed by atoms with Crippen LogP contribution in [0.25, 0.3) is 0 Å². The zero-order valence-electron chi connectivity index (χ0n) is 16.1. The third kappa shape index (κ3) is 4.79. The molecular weight excluding hydrogens is 392 g/mol. The normalized spacial score (nSPS) is 28.1. The first-order valence-corrected chi connectivity index (χ1v) is 13.0. The molecule has 2 atom stereocenters. The lowest BCUT2D eigenvalue weighted by Gasteiger charge is -2.24. The van der Waals surface area contributed by atoms with E-state index in [-0.39, 0.29) is 28.7 Å². The van der Waals surface area contributed by atoms with Crippen molar-refractivity contribution in [2.75, 3.05) is 18.1 Å².